The zero-order valence-corrected chi connectivity index (χ0v) is 12.3. The van der Waals surface area contributed by atoms with E-state index in [1.165, 1.54) is 12.1 Å². The SMILES string of the molecule is CNC(Cc1ccc(F)c(F)c1)c1ccc(F)c(Br)c1. The first-order valence-corrected chi connectivity index (χ1v) is 6.86. The van der Waals surface area contributed by atoms with E-state index in [0.29, 0.717) is 16.5 Å². The number of likely N-dealkylation sites (N-methyl/N-ethyl adjacent to an activating group) is 1. The van der Waals surface area contributed by atoms with E-state index in [0.717, 1.165) is 11.6 Å². The Kier molecular flexibility index (Phi) is 4.83. The zero-order valence-electron chi connectivity index (χ0n) is 10.8. The average molecular weight is 344 g/mol. The van der Waals surface area contributed by atoms with Gasteiger partial charge in [-0.2, -0.15) is 0 Å². The fraction of sp³-hybridized carbons (Fsp3) is 0.200. The smallest absolute Gasteiger partial charge is 0.159 e. The van der Waals surface area contributed by atoms with Gasteiger partial charge in [-0.05, 0) is 64.8 Å². The lowest BCUT2D eigenvalue weighted by molar-refractivity contribution is 0.504. The molecule has 0 radical (unpaired) electrons. The van der Waals surface area contributed by atoms with Gasteiger partial charge >= 0.3 is 0 Å². The Balaban J connectivity index is 2.23. The highest BCUT2D eigenvalue weighted by Crippen LogP contribution is 2.24. The summed E-state index contributed by atoms with van der Waals surface area (Å²) in [6, 6.07) is 8.43. The Morgan fingerprint density at radius 2 is 1.70 bits per heavy atom. The van der Waals surface area contributed by atoms with Crippen LogP contribution in [-0.4, -0.2) is 7.05 Å². The maximum atomic E-state index is 13.2. The summed E-state index contributed by atoms with van der Waals surface area (Å²) in [6.07, 6.45) is 0.478. The van der Waals surface area contributed by atoms with E-state index >= 15 is 0 Å². The minimum atomic E-state index is -0.863. The second-order valence-corrected chi connectivity index (χ2v) is 5.32. The second kappa shape index (κ2) is 6.41. The molecule has 106 valence electrons. The molecule has 0 fully saturated rings. The lowest BCUT2D eigenvalue weighted by Gasteiger charge is -2.17. The zero-order chi connectivity index (χ0) is 14.7. The van der Waals surface area contributed by atoms with Gasteiger partial charge < -0.3 is 5.32 Å². The number of rotatable bonds is 4. The minimum absolute atomic E-state index is 0.114. The van der Waals surface area contributed by atoms with E-state index in [-0.39, 0.29) is 11.9 Å². The van der Waals surface area contributed by atoms with Crippen molar-refractivity contribution in [1.29, 1.82) is 0 Å². The largest absolute Gasteiger partial charge is 0.313 e. The van der Waals surface area contributed by atoms with Gasteiger partial charge in [-0.1, -0.05) is 12.1 Å². The van der Waals surface area contributed by atoms with Crippen molar-refractivity contribution in [2.45, 2.75) is 12.5 Å². The van der Waals surface area contributed by atoms with Crippen molar-refractivity contribution in [3.8, 4) is 0 Å². The molecule has 1 atom stereocenters. The van der Waals surface area contributed by atoms with Crippen molar-refractivity contribution in [2.75, 3.05) is 7.05 Å². The van der Waals surface area contributed by atoms with Crippen LogP contribution in [0.3, 0.4) is 0 Å². The number of nitrogens with one attached hydrogen (secondary N) is 1. The van der Waals surface area contributed by atoms with Gasteiger partial charge in [-0.3, -0.25) is 0 Å². The number of hydrogen-bond acceptors (Lipinski definition) is 1. The first-order valence-electron chi connectivity index (χ1n) is 6.07. The lowest BCUT2D eigenvalue weighted by atomic mass is 9.99. The molecule has 0 aromatic heterocycles. The van der Waals surface area contributed by atoms with E-state index < -0.39 is 11.6 Å². The first kappa shape index (κ1) is 15.1. The van der Waals surface area contributed by atoms with Crippen LogP contribution in [0.15, 0.2) is 40.9 Å². The summed E-state index contributed by atoms with van der Waals surface area (Å²) in [6.45, 7) is 0. The van der Waals surface area contributed by atoms with Crippen LogP contribution >= 0.6 is 15.9 Å². The molecule has 0 spiro atoms. The number of benzene rings is 2. The molecule has 0 bridgehead atoms. The molecule has 0 aliphatic carbocycles. The van der Waals surface area contributed by atoms with Gasteiger partial charge in [-0.25, -0.2) is 13.2 Å². The van der Waals surface area contributed by atoms with Gasteiger partial charge in [-0.15, -0.1) is 0 Å². The van der Waals surface area contributed by atoms with Crippen molar-refractivity contribution in [3.05, 3.63) is 69.4 Å². The third kappa shape index (κ3) is 3.41. The van der Waals surface area contributed by atoms with Gasteiger partial charge in [0.15, 0.2) is 11.6 Å². The monoisotopic (exact) mass is 343 g/mol. The molecule has 1 N–H and O–H groups in total. The predicted molar refractivity (Wildman–Crippen MR) is 76.0 cm³/mol. The summed E-state index contributed by atoms with van der Waals surface area (Å²) in [5.41, 5.74) is 1.54. The molecule has 0 saturated carbocycles. The molecule has 0 amide bonds. The summed E-state index contributed by atoms with van der Waals surface area (Å²) < 4.78 is 39.7. The van der Waals surface area contributed by atoms with Crippen LogP contribution in [0.4, 0.5) is 13.2 Å². The van der Waals surface area contributed by atoms with Crippen molar-refractivity contribution < 1.29 is 13.2 Å². The molecule has 20 heavy (non-hydrogen) atoms. The molecule has 0 heterocycles. The summed E-state index contributed by atoms with van der Waals surface area (Å²) in [7, 11) is 1.77. The Labute approximate surface area is 123 Å². The van der Waals surface area contributed by atoms with Crippen LogP contribution in [0.2, 0.25) is 0 Å². The number of hydrogen-bond donors (Lipinski definition) is 1. The molecule has 0 aliphatic rings. The Hall–Kier alpha value is -1.33. The molecule has 1 unspecified atom stereocenters. The second-order valence-electron chi connectivity index (χ2n) is 4.47. The van der Waals surface area contributed by atoms with Gasteiger partial charge in [0.05, 0.1) is 4.47 Å². The normalized spacial score (nSPS) is 12.4. The van der Waals surface area contributed by atoms with Crippen LogP contribution in [0.5, 0.6) is 0 Å². The Bertz CT molecular complexity index is 616. The van der Waals surface area contributed by atoms with E-state index in [4.69, 9.17) is 0 Å². The van der Waals surface area contributed by atoms with Crippen LogP contribution in [0.25, 0.3) is 0 Å². The Morgan fingerprint density at radius 3 is 2.30 bits per heavy atom. The molecule has 2 rings (SSSR count). The van der Waals surface area contributed by atoms with Gasteiger partial charge in [0.2, 0.25) is 0 Å². The first-order chi connectivity index (χ1) is 9.51. The molecule has 2 aromatic rings. The fourth-order valence-electron chi connectivity index (χ4n) is 2.02. The molecule has 0 aliphatic heterocycles. The minimum Gasteiger partial charge on any atom is -0.313 e. The van der Waals surface area contributed by atoms with Crippen LogP contribution in [0.1, 0.15) is 17.2 Å². The molecule has 1 nitrogen and oxygen atoms in total. The standard InChI is InChI=1S/C15H13BrF3N/c1-20-15(10-3-5-12(17)11(16)8-10)7-9-2-4-13(18)14(19)6-9/h2-6,8,15,20H,7H2,1H3. The molecular formula is C15H13BrF3N. The van der Waals surface area contributed by atoms with Crippen LogP contribution < -0.4 is 5.32 Å². The highest BCUT2D eigenvalue weighted by molar-refractivity contribution is 9.10. The van der Waals surface area contributed by atoms with Crippen LogP contribution in [0, 0.1) is 17.5 Å². The maximum absolute atomic E-state index is 13.2. The number of halogens is 4. The summed E-state index contributed by atoms with van der Waals surface area (Å²) in [5, 5.41) is 3.09. The summed E-state index contributed by atoms with van der Waals surface area (Å²) in [5.74, 6) is -2.06. The highest BCUT2D eigenvalue weighted by atomic mass is 79.9. The third-order valence-corrected chi connectivity index (χ3v) is 3.73. The van der Waals surface area contributed by atoms with E-state index in [2.05, 4.69) is 21.2 Å². The average Bonchev–Trinajstić information content (AvgIpc) is 2.43. The predicted octanol–water partition coefficient (Wildman–Crippen LogP) is 4.37. The van der Waals surface area contributed by atoms with E-state index in [1.807, 2.05) is 0 Å². The van der Waals surface area contributed by atoms with Crippen molar-refractivity contribution in [1.82, 2.24) is 5.32 Å². The highest BCUT2D eigenvalue weighted by Gasteiger charge is 2.13. The van der Waals surface area contributed by atoms with Gasteiger partial charge in [0.1, 0.15) is 5.82 Å². The quantitative estimate of drug-likeness (QED) is 0.869. The van der Waals surface area contributed by atoms with Gasteiger partial charge in [0.25, 0.3) is 0 Å². The van der Waals surface area contributed by atoms with Crippen molar-refractivity contribution in [3.63, 3.8) is 0 Å². The molecule has 2 aromatic carbocycles. The maximum Gasteiger partial charge on any atom is 0.159 e. The molecule has 0 saturated heterocycles. The molecular weight excluding hydrogens is 331 g/mol. The fourth-order valence-corrected chi connectivity index (χ4v) is 2.41. The van der Waals surface area contributed by atoms with Crippen molar-refractivity contribution in [2.24, 2.45) is 0 Å². The van der Waals surface area contributed by atoms with E-state index in [1.54, 1.807) is 25.2 Å². The molecule has 5 heteroatoms. The topological polar surface area (TPSA) is 12.0 Å². The van der Waals surface area contributed by atoms with Crippen LogP contribution in [-0.2, 0) is 6.42 Å². The van der Waals surface area contributed by atoms with E-state index in [9.17, 15) is 13.2 Å². The van der Waals surface area contributed by atoms with Gasteiger partial charge in [0, 0.05) is 6.04 Å². The summed E-state index contributed by atoms with van der Waals surface area (Å²) >= 11 is 3.14. The third-order valence-electron chi connectivity index (χ3n) is 3.12. The lowest BCUT2D eigenvalue weighted by Crippen LogP contribution is -2.19. The Morgan fingerprint density at radius 1 is 1.00 bits per heavy atom. The summed E-state index contributed by atoms with van der Waals surface area (Å²) in [4.78, 5) is 0. The van der Waals surface area contributed by atoms with Crippen molar-refractivity contribution >= 4 is 15.9 Å².